The fourth-order valence-corrected chi connectivity index (χ4v) is 2.90. The summed E-state index contributed by atoms with van der Waals surface area (Å²) >= 11 is 9.41. The molecule has 0 amide bonds. The number of aryl methyl sites for hydroxylation is 2. The van der Waals surface area contributed by atoms with E-state index in [-0.39, 0.29) is 5.82 Å². The maximum Gasteiger partial charge on any atom is 0.128 e. The van der Waals surface area contributed by atoms with Crippen LogP contribution in [0.4, 0.5) is 4.39 Å². The molecule has 19 heavy (non-hydrogen) atoms. The van der Waals surface area contributed by atoms with Gasteiger partial charge >= 0.3 is 0 Å². The molecule has 2 rings (SSSR count). The number of hydrogen-bond acceptors (Lipinski definition) is 1. The van der Waals surface area contributed by atoms with Gasteiger partial charge in [0.2, 0.25) is 0 Å². The Morgan fingerprint density at radius 3 is 2.53 bits per heavy atom. The molecule has 2 aromatic rings. The summed E-state index contributed by atoms with van der Waals surface area (Å²) in [5.41, 5.74) is 9.22. The Kier molecular flexibility index (Phi) is 4.29. The zero-order valence-corrected chi connectivity index (χ0v) is 13.0. The topological polar surface area (TPSA) is 26.0 Å². The Labute approximate surface area is 125 Å². The molecule has 0 saturated heterocycles. The van der Waals surface area contributed by atoms with Crippen LogP contribution in [0, 0.1) is 19.7 Å². The first-order valence-corrected chi connectivity index (χ1v) is 7.04. The average Bonchev–Trinajstić information content (AvgIpc) is 2.30. The second-order valence-electron chi connectivity index (χ2n) is 4.62. The molecule has 1 unspecified atom stereocenters. The molecule has 0 fully saturated rings. The fraction of sp³-hybridized carbons (Fsp3) is 0.200. The van der Waals surface area contributed by atoms with Gasteiger partial charge in [-0.2, -0.15) is 0 Å². The van der Waals surface area contributed by atoms with Crippen molar-refractivity contribution in [2.75, 3.05) is 0 Å². The van der Waals surface area contributed by atoms with Crippen molar-refractivity contribution in [1.82, 2.24) is 0 Å². The van der Waals surface area contributed by atoms with Crippen LogP contribution in [0.15, 0.2) is 34.8 Å². The van der Waals surface area contributed by atoms with Gasteiger partial charge < -0.3 is 5.73 Å². The van der Waals surface area contributed by atoms with Crippen molar-refractivity contribution in [3.8, 4) is 0 Å². The Morgan fingerprint density at radius 2 is 1.89 bits per heavy atom. The van der Waals surface area contributed by atoms with Crippen molar-refractivity contribution in [3.63, 3.8) is 0 Å². The van der Waals surface area contributed by atoms with Gasteiger partial charge in [0.1, 0.15) is 5.82 Å². The highest BCUT2D eigenvalue weighted by atomic mass is 79.9. The quantitative estimate of drug-likeness (QED) is 0.825. The molecular weight excluding hydrogens is 329 g/mol. The van der Waals surface area contributed by atoms with Gasteiger partial charge in [0.15, 0.2) is 0 Å². The number of rotatable bonds is 2. The molecule has 0 aromatic heterocycles. The smallest absolute Gasteiger partial charge is 0.128 e. The number of nitrogens with two attached hydrogens (primary N) is 1. The van der Waals surface area contributed by atoms with E-state index in [1.165, 1.54) is 6.07 Å². The van der Waals surface area contributed by atoms with Crippen molar-refractivity contribution < 1.29 is 4.39 Å². The monoisotopic (exact) mass is 341 g/mol. The molecule has 0 saturated carbocycles. The predicted molar refractivity (Wildman–Crippen MR) is 81.1 cm³/mol. The van der Waals surface area contributed by atoms with Crippen LogP contribution in [0.5, 0.6) is 0 Å². The summed E-state index contributed by atoms with van der Waals surface area (Å²) < 4.78 is 15.0. The summed E-state index contributed by atoms with van der Waals surface area (Å²) in [6.07, 6.45) is 0. The van der Waals surface area contributed by atoms with E-state index in [1.807, 2.05) is 26.0 Å². The molecule has 0 radical (unpaired) electrons. The van der Waals surface area contributed by atoms with E-state index in [4.69, 9.17) is 17.3 Å². The Bertz CT molecular complexity index is 605. The highest BCUT2D eigenvalue weighted by molar-refractivity contribution is 9.10. The fourth-order valence-electron chi connectivity index (χ4n) is 2.23. The summed E-state index contributed by atoms with van der Waals surface area (Å²) in [4.78, 5) is 0. The summed E-state index contributed by atoms with van der Waals surface area (Å²) in [5.74, 6) is -0.281. The molecule has 0 aliphatic heterocycles. The first-order chi connectivity index (χ1) is 8.90. The first kappa shape index (κ1) is 14.5. The Morgan fingerprint density at radius 1 is 1.21 bits per heavy atom. The normalized spacial score (nSPS) is 12.5. The lowest BCUT2D eigenvalue weighted by Gasteiger charge is -2.18. The van der Waals surface area contributed by atoms with Gasteiger partial charge in [-0.25, -0.2) is 4.39 Å². The van der Waals surface area contributed by atoms with Crippen molar-refractivity contribution in [3.05, 3.63) is 67.9 Å². The molecule has 0 aliphatic carbocycles. The lowest BCUT2D eigenvalue weighted by atomic mass is 9.94. The van der Waals surface area contributed by atoms with Gasteiger partial charge in [-0.1, -0.05) is 33.6 Å². The van der Waals surface area contributed by atoms with Gasteiger partial charge in [0.05, 0.1) is 6.04 Å². The number of hydrogen-bond donors (Lipinski definition) is 1. The van der Waals surface area contributed by atoms with Gasteiger partial charge in [0.25, 0.3) is 0 Å². The van der Waals surface area contributed by atoms with Crippen molar-refractivity contribution >= 4 is 27.5 Å². The largest absolute Gasteiger partial charge is 0.320 e. The van der Waals surface area contributed by atoms with Crippen molar-refractivity contribution in [2.24, 2.45) is 5.73 Å². The molecular formula is C15H14BrClFN. The third-order valence-electron chi connectivity index (χ3n) is 3.08. The van der Waals surface area contributed by atoms with E-state index in [0.29, 0.717) is 10.6 Å². The van der Waals surface area contributed by atoms with Crippen LogP contribution in [0.25, 0.3) is 0 Å². The number of halogens is 3. The van der Waals surface area contributed by atoms with Gasteiger partial charge in [-0.05, 0) is 54.8 Å². The summed E-state index contributed by atoms with van der Waals surface area (Å²) in [5, 5.41) is 0.582. The molecule has 2 N–H and O–H groups in total. The average molecular weight is 343 g/mol. The summed E-state index contributed by atoms with van der Waals surface area (Å²) in [6.45, 7) is 3.73. The predicted octanol–water partition coefficient (Wildman–Crippen LogP) is 4.91. The first-order valence-electron chi connectivity index (χ1n) is 5.87. The second-order valence-corrected chi connectivity index (χ2v) is 5.91. The SMILES string of the molecule is Cc1cc(C)c(C(N)c2cc(Cl)ccc2Br)c(F)c1. The van der Waals surface area contributed by atoms with E-state index in [0.717, 1.165) is 21.2 Å². The van der Waals surface area contributed by atoms with Crippen molar-refractivity contribution in [2.45, 2.75) is 19.9 Å². The Hall–Kier alpha value is -0.900. The highest BCUT2D eigenvalue weighted by Crippen LogP contribution is 2.32. The molecule has 1 nitrogen and oxygen atoms in total. The highest BCUT2D eigenvalue weighted by Gasteiger charge is 2.19. The van der Waals surface area contributed by atoms with Crippen LogP contribution in [-0.2, 0) is 0 Å². The molecule has 0 heterocycles. The van der Waals surface area contributed by atoms with Crippen LogP contribution >= 0.6 is 27.5 Å². The second kappa shape index (κ2) is 5.61. The maximum absolute atomic E-state index is 14.2. The molecule has 1 atom stereocenters. The summed E-state index contributed by atoms with van der Waals surface area (Å²) in [6, 6.07) is 8.22. The number of benzene rings is 2. The van der Waals surface area contributed by atoms with Crippen LogP contribution in [-0.4, -0.2) is 0 Å². The minimum atomic E-state index is -0.548. The van der Waals surface area contributed by atoms with Crippen LogP contribution in [0.2, 0.25) is 5.02 Å². The minimum absolute atomic E-state index is 0.281. The molecule has 100 valence electrons. The van der Waals surface area contributed by atoms with E-state index < -0.39 is 6.04 Å². The molecule has 2 aromatic carbocycles. The Balaban J connectivity index is 2.56. The van der Waals surface area contributed by atoms with E-state index in [9.17, 15) is 4.39 Å². The molecule has 0 spiro atoms. The minimum Gasteiger partial charge on any atom is -0.320 e. The van der Waals surface area contributed by atoms with E-state index in [1.54, 1.807) is 12.1 Å². The zero-order valence-electron chi connectivity index (χ0n) is 10.7. The molecule has 4 heteroatoms. The maximum atomic E-state index is 14.2. The molecule has 0 aliphatic rings. The zero-order chi connectivity index (χ0) is 14.2. The van der Waals surface area contributed by atoms with Crippen LogP contribution in [0.1, 0.15) is 28.3 Å². The van der Waals surface area contributed by atoms with Gasteiger partial charge in [-0.15, -0.1) is 0 Å². The van der Waals surface area contributed by atoms with E-state index >= 15 is 0 Å². The summed E-state index contributed by atoms with van der Waals surface area (Å²) in [7, 11) is 0. The van der Waals surface area contributed by atoms with Gasteiger partial charge in [0, 0.05) is 15.1 Å². The lowest BCUT2D eigenvalue weighted by Crippen LogP contribution is -2.16. The van der Waals surface area contributed by atoms with Gasteiger partial charge in [-0.3, -0.25) is 0 Å². The standard InChI is InChI=1S/C15H14BrClFN/c1-8-5-9(2)14(13(18)6-8)15(19)11-7-10(17)3-4-12(11)16/h3-7,15H,19H2,1-2H3. The molecule has 0 bridgehead atoms. The van der Waals surface area contributed by atoms with Crippen molar-refractivity contribution in [1.29, 1.82) is 0 Å². The van der Waals surface area contributed by atoms with Crippen LogP contribution in [0.3, 0.4) is 0 Å². The van der Waals surface area contributed by atoms with E-state index in [2.05, 4.69) is 15.9 Å². The lowest BCUT2D eigenvalue weighted by molar-refractivity contribution is 0.595. The third-order valence-corrected chi connectivity index (χ3v) is 4.04. The third kappa shape index (κ3) is 2.99. The van der Waals surface area contributed by atoms with Crippen LogP contribution < -0.4 is 5.73 Å².